The van der Waals surface area contributed by atoms with Gasteiger partial charge in [0, 0.05) is 24.4 Å². The Morgan fingerprint density at radius 3 is 1.03 bits per heavy atom. The lowest BCUT2D eigenvalue weighted by atomic mass is 9.95. The number of aromatic nitrogens is 1. The van der Waals surface area contributed by atoms with E-state index >= 15 is 0 Å². The number of hydrogen-bond donors (Lipinski definition) is 2. The van der Waals surface area contributed by atoms with Gasteiger partial charge in [0.2, 0.25) is 0 Å². The Bertz CT molecular complexity index is 4370. The van der Waals surface area contributed by atoms with E-state index in [1.165, 1.54) is 133 Å². The molecule has 0 spiro atoms. The molecule has 5 heteroatoms. The molecular formula is C109H145FN2O2. The Balaban J connectivity index is 0.000000279. The van der Waals surface area contributed by atoms with E-state index in [0.29, 0.717) is 60.0 Å². The monoisotopic (exact) mass is 1530 g/mol. The number of halogens is 1. The largest absolute Gasteiger partial charge is 0.508 e. The molecule has 11 aromatic carbocycles. The molecule has 610 valence electrons. The van der Waals surface area contributed by atoms with Gasteiger partial charge in [-0.15, -0.1) is 0 Å². The number of aromatic hydroxyl groups is 1. The van der Waals surface area contributed by atoms with Crippen LogP contribution in [0.4, 0.5) is 4.39 Å². The molecule has 1 fully saturated rings. The number of benzene rings is 11. The number of phenols is 1. The van der Waals surface area contributed by atoms with Crippen molar-refractivity contribution >= 4 is 11.0 Å². The molecule has 0 atom stereocenters. The molecule has 4 nitrogen and oxygen atoms in total. The van der Waals surface area contributed by atoms with Crippen LogP contribution in [0.25, 0.3) is 11.0 Å². The molecule has 1 aliphatic rings. The fourth-order valence-corrected chi connectivity index (χ4v) is 13.0. The van der Waals surface area contributed by atoms with Crippen LogP contribution in [0, 0.1) is 11.7 Å². The highest BCUT2D eigenvalue weighted by atomic mass is 19.1. The van der Waals surface area contributed by atoms with Crippen LogP contribution in [-0.4, -0.2) is 10.3 Å². The molecule has 114 heavy (non-hydrogen) atoms. The maximum Gasteiger partial charge on any atom is 0.167 e. The minimum atomic E-state index is -0.358. The highest BCUT2D eigenvalue weighted by Gasteiger charge is 2.16. The van der Waals surface area contributed by atoms with E-state index in [1.807, 2.05) is 53.7 Å². The molecule has 13 rings (SSSR count). The average molecular weight is 1530 g/mol. The second-order valence-electron chi connectivity index (χ2n) is 31.5. The molecule has 0 bridgehead atoms. The first-order valence-electron chi connectivity index (χ1n) is 43.2. The van der Waals surface area contributed by atoms with Gasteiger partial charge in [0.15, 0.2) is 5.58 Å². The number of nitrogens with two attached hydrogens (primary N) is 1. The van der Waals surface area contributed by atoms with Gasteiger partial charge < -0.3 is 15.4 Å². The zero-order valence-electron chi connectivity index (χ0n) is 74.3. The Hall–Kier alpha value is -9.42. The van der Waals surface area contributed by atoms with Crippen molar-refractivity contribution in [3.63, 3.8) is 0 Å². The number of hydrogen-bond acceptors (Lipinski definition) is 4. The zero-order chi connectivity index (χ0) is 83.9. The van der Waals surface area contributed by atoms with Crippen molar-refractivity contribution < 1.29 is 14.0 Å². The van der Waals surface area contributed by atoms with Crippen molar-refractivity contribution in [3.05, 3.63) is 379 Å². The minimum absolute atomic E-state index is 0.0357. The van der Waals surface area contributed by atoms with Crippen molar-refractivity contribution in [2.24, 2.45) is 11.7 Å². The number of phenolic OH excluding ortho intramolecular Hbond substituents is 1. The van der Waals surface area contributed by atoms with E-state index in [9.17, 15) is 4.39 Å². The van der Waals surface area contributed by atoms with Gasteiger partial charge in [-0.1, -0.05) is 420 Å². The minimum Gasteiger partial charge on any atom is -0.508 e. The Morgan fingerprint density at radius 1 is 0.342 bits per heavy atom. The third-order valence-electron chi connectivity index (χ3n) is 20.5. The summed E-state index contributed by atoms with van der Waals surface area (Å²) >= 11 is 0. The van der Waals surface area contributed by atoms with Gasteiger partial charge in [0.1, 0.15) is 11.6 Å². The summed E-state index contributed by atoms with van der Waals surface area (Å²) in [6.45, 7) is 48.0. The van der Waals surface area contributed by atoms with Crippen LogP contribution in [0.15, 0.2) is 272 Å². The van der Waals surface area contributed by atoms with Gasteiger partial charge in [-0.05, 0) is 210 Å². The summed E-state index contributed by atoms with van der Waals surface area (Å²) in [4.78, 5) is 0. The Kier molecular flexibility index (Phi) is 46.2. The maximum atomic E-state index is 13.6. The van der Waals surface area contributed by atoms with Crippen molar-refractivity contribution in [2.45, 2.75) is 271 Å². The van der Waals surface area contributed by atoms with Gasteiger partial charge >= 0.3 is 0 Å². The van der Waals surface area contributed by atoms with Crippen LogP contribution in [0.3, 0.4) is 0 Å². The number of nitrogens with zero attached hydrogens (tertiary/aromatic N) is 1. The smallest absolute Gasteiger partial charge is 0.167 e. The molecule has 1 aliphatic carbocycles. The van der Waals surface area contributed by atoms with E-state index in [0.717, 1.165) is 60.6 Å². The third-order valence-corrected chi connectivity index (χ3v) is 20.5. The maximum absolute atomic E-state index is 13.6. The molecular weight excluding hydrogens is 1390 g/mol. The Labute approximate surface area is 692 Å². The van der Waals surface area contributed by atoms with Crippen molar-refractivity contribution in [1.29, 1.82) is 0 Å². The summed E-state index contributed by atoms with van der Waals surface area (Å²) in [5, 5.41) is 14.0. The SMILES string of the molecule is CC.CC.CC.CC(C)c1ccc(CC2CCCC2)cc1.CC(C)c1ccc(CN)cc1.CC(C)c1ccc(Cc2ccc(O)cc2F)cc1.CC(C)c1ccc(Cc2ccc3cnoc3c2)cc1.CC(C)c1ccc(Cc2ccccc2)cc1.CCc1ccc(C(C)C)cc1.CCc1cccc(Cc2ccc(C(C)C)cc2)c1. The van der Waals surface area contributed by atoms with Crippen LogP contribution in [0.2, 0.25) is 0 Å². The molecule has 3 N–H and O–H groups in total. The highest BCUT2D eigenvalue weighted by molar-refractivity contribution is 5.76. The summed E-state index contributed by atoms with van der Waals surface area (Å²) in [6.07, 6.45) is 14.6. The summed E-state index contributed by atoms with van der Waals surface area (Å²) in [5.74, 6) is 4.81. The lowest BCUT2D eigenvalue weighted by molar-refractivity contribution is 0.456. The molecule has 0 radical (unpaired) electrons. The average Bonchev–Trinajstić information content (AvgIpc) is 1.68. The third kappa shape index (κ3) is 36.0. The van der Waals surface area contributed by atoms with Gasteiger partial charge in [-0.2, -0.15) is 0 Å². The summed E-state index contributed by atoms with van der Waals surface area (Å²) in [5.41, 5.74) is 31.5. The molecule has 0 aliphatic heterocycles. The lowest BCUT2D eigenvalue weighted by Crippen LogP contribution is -1.98. The summed E-state index contributed by atoms with van der Waals surface area (Å²) in [6, 6.07) is 91.7. The number of rotatable bonds is 20. The molecule has 1 aromatic heterocycles. The topological polar surface area (TPSA) is 72.3 Å². The van der Waals surface area contributed by atoms with Crippen LogP contribution < -0.4 is 5.73 Å². The standard InChI is InChI=1S/C18H22.C17H17NO.C16H17FO.C16H18.C15H22.C11H16.C10H15N.3C2H6/c1-4-15-6-5-7-17(12-15)13-16-8-10-18(11-9-16)14(2)3;1-12(2)15-6-3-13(4-7-15)9-14-5-8-16-11-18-19-17(16)10-14;1-11(2)13-5-3-12(4-6-13)9-14-7-8-15(18)10-16(14)17;1-13(2)16-10-8-15(9-11-16)12-14-6-4-3-5-7-14;1-12(2)15-9-7-14(8-10-15)11-13-5-3-4-6-13;1-4-10-5-7-11(8-6-10)9(2)3;1-8(2)10-5-3-9(7-11)4-6-10;3*1-2/h5-12,14H,4,13H2,1-3H3;3-8,10-12H,9H2,1-2H3;3-8,10-11,18H,9H2,1-2H3;3-11,13H,12H2,1-2H3;7-10,12-13H,3-6,11H2,1-2H3;5-9H,4H2,1-3H3;3-6,8H,7,11H2,1-2H3;3*1-2H3. The summed E-state index contributed by atoms with van der Waals surface area (Å²) in [7, 11) is 0. The van der Waals surface area contributed by atoms with E-state index in [1.54, 1.807) is 12.3 Å². The first kappa shape index (κ1) is 96.9. The lowest BCUT2D eigenvalue weighted by Gasteiger charge is -2.10. The molecule has 0 unspecified atom stereocenters. The van der Waals surface area contributed by atoms with Crippen LogP contribution >= 0.6 is 0 Å². The van der Waals surface area contributed by atoms with Gasteiger partial charge in [-0.3, -0.25) is 0 Å². The van der Waals surface area contributed by atoms with Crippen LogP contribution in [0.5, 0.6) is 5.75 Å². The zero-order valence-corrected chi connectivity index (χ0v) is 74.3. The van der Waals surface area contributed by atoms with E-state index in [2.05, 4.69) is 346 Å². The van der Waals surface area contributed by atoms with Gasteiger partial charge in [0.05, 0.1) is 6.20 Å². The molecule has 1 saturated carbocycles. The Morgan fingerprint density at radius 2 is 0.658 bits per heavy atom. The second kappa shape index (κ2) is 54.4. The van der Waals surface area contributed by atoms with Gasteiger partial charge in [0.25, 0.3) is 0 Å². The van der Waals surface area contributed by atoms with Crippen LogP contribution in [-0.2, 0) is 51.5 Å². The first-order valence-corrected chi connectivity index (χ1v) is 43.2. The fraction of sp³-hybridized carbons (Fsp3) is 0.385. The first-order chi connectivity index (χ1) is 54.9. The predicted octanol–water partition coefficient (Wildman–Crippen LogP) is 31.4. The van der Waals surface area contributed by atoms with Crippen molar-refractivity contribution in [3.8, 4) is 5.75 Å². The van der Waals surface area contributed by atoms with E-state index < -0.39 is 0 Å². The van der Waals surface area contributed by atoms with Crippen molar-refractivity contribution in [1.82, 2.24) is 5.16 Å². The number of fused-ring (bicyclic) bond motifs is 1. The highest BCUT2D eigenvalue weighted by Crippen LogP contribution is 2.30. The van der Waals surface area contributed by atoms with E-state index in [-0.39, 0.29) is 11.6 Å². The molecule has 0 saturated heterocycles. The van der Waals surface area contributed by atoms with Crippen LogP contribution in [0.1, 0.15) is 325 Å². The number of aryl methyl sites for hydroxylation is 2. The fourth-order valence-electron chi connectivity index (χ4n) is 13.0. The quantitative estimate of drug-likeness (QED) is 0.0798. The normalized spacial score (nSPS) is 11.3. The molecule has 12 aromatic rings. The van der Waals surface area contributed by atoms with Gasteiger partial charge in [-0.25, -0.2) is 4.39 Å². The second-order valence-corrected chi connectivity index (χ2v) is 31.5. The summed E-state index contributed by atoms with van der Waals surface area (Å²) < 4.78 is 18.8. The molecule has 0 amide bonds. The van der Waals surface area contributed by atoms with Crippen molar-refractivity contribution in [2.75, 3.05) is 0 Å². The molecule has 1 heterocycles. The van der Waals surface area contributed by atoms with E-state index in [4.69, 9.17) is 15.4 Å². The predicted molar refractivity (Wildman–Crippen MR) is 496 cm³/mol.